The average molecular weight is 650 g/mol. The number of nitrogens with two attached hydrogens (primary N) is 3. The number of hydrogen-bond acceptors (Lipinski definition) is 11. The van der Waals surface area contributed by atoms with Crippen molar-refractivity contribution in [2.24, 2.45) is 17.5 Å². The second-order valence-corrected chi connectivity index (χ2v) is 9.98. The van der Waals surface area contributed by atoms with Gasteiger partial charge in [0.25, 0.3) is 11.8 Å². The van der Waals surface area contributed by atoms with Crippen molar-refractivity contribution in [3.05, 3.63) is 50.9 Å². The molecule has 4 amide bonds. The lowest BCUT2D eigenvalue weighted by molar-refractivity contribution is -0.127. The van der Waals surface area contributed by atoms with Crippen molar-refractivity contribution in [2.45, 2.75) is 31.8 Å². The SMILES string of the molecule is CCO.CN1CC(NC(=O)c2cnc(Cl)c(Cl)c2)CC1=O.CN1CC(NC(=O)c2cnc(NN)c(Cl)c2)CC1=O.NN. The van der Waals surface area contributed by atoms with Gasteiger partial charge in [-0.1, -0.05) is 34.8 Å². The maximum absolute atomic E-state index is 12.0. The van der Waals surface area contributed by atoms with Crippen LogP contribution >= 0.6 is 34.8 Å². The predicted molar refractivity (Wildman–Crippen MR) is 159 cm³/mol. The maximum atomic E-state index is 12.0. The van der Waals surface area contributed by atoms with E-state index in [2.05, 4.69) is 37.7 Å². The van der Waals surface area contributed by atoms with E-state index in [1.807, 2.05) is 0 Å². The number of nitrogens with zero attached hydrogens (tertiary/aromatic N) is 4. The number of nitrogen functional groups attached to an aromatic ring is 1. The van der Waals surface area contributed by atoms with Crippen LogP contribution in [0.15, 0.2) is 24.5 Å². The van der Waals surface area contributed by atoms with E-state index in [0.29, 0.717) is 42.9 Å². The van der Waals surface area contributed by atoms with Crippen LogP contribution in [-0.4, -0.2) is 94.4 Å². The van der Waals surface area contributed by atoms with Gasteiger partial charge in [-0.3, -0.25) is 30.9 Å². The molecule has 2 atom stereocenters. The third-order valence-electron chi connectivity index (χ3n) is 5.65. The first-order chi connectivity index (χ1) is 19.9. The first-order valence-corrected chi connectivity index (χ1v) is 13.5. The number of hydrazine groups is 2. The van der Waals surface area contributed by atoms with Crippen LogP contribution in [0.2, 0.25) is 15.2 Å². The predicted octanol–water partition coefficient (Wildman–Crippen LogP) is 0.147. The second kappa shape index (κ2) is 18.3. The number of aliphatic hydroxyl groups excluding tert-OH is 1. The van der Waals surface area contributed by atoms with E-state index in [-0.39, 0.29) is 57.5 Å². The van der Waals surface area contributed by atoms with E-state index in [9.17, 15) is 19.2 Å². The third-order valence-corrected chi connectivity index (χ3v) is 6.63. The number of nitrogens with one attached hydrogen (secondary N) is 3. The summed E-state index contributed by atoms with van der Waals surface area (Å²) in [6.07, 6.45) is 3.35. The number of aliphatic hydroxyl groups is 1. The van der Waals surface area contributed by atoms with Crippen LogP contribution in [0.4, 0.5) is 5.82 Å². The Morgan fingerprint density at radius 1 is 0.905 bits per heavy atom. The average Bonchev–Trinajstić information content (AvgIpc) is 3.44. The van der Waals surface area contributed by atoms with Gasteiger partial charge < -0.3 is 31.0 Å². The summed E-state index contributed by atoms with van der Waals surface area (Å²) in [6, 6.07) is 2.56. The molecule has 2 aromatic rings. The highest BCUT2D eigenvalue weighted by atomic mass is 35.5. The molecular formula is C24H35Cl3N10O5. The lowest BCUT2D eigenvalue weighted by atomic mass is 10.2. The molecule has 0 spiro atoms. The Balaban J connectivity index is 0.000000365. The molecule has 2 fully saturated rings. The van der Waals surface area contributed by atoms with Crippen molar-refractivity contribution < 1.29 is 24.3 Å². The number of carbonyl (C=O) groups excluding carboxylic acids is 4. The Morgan fingerprint density at radius 3 is 1.64 bits per heavy atom. The van der Waals surface area contributed by atoms with E-state index in [1.165, 1.54) is 24.5 Å². The summed E-state index contributed by atoms with van der Waals surface area (Å²) in [5.41, 5.74) is 2.97. The molecular weight excluding hydrogens is 615 g/mol. The molecule has 0 aromatic carbocycles. The summed E-state index contributed by atoms with van der Waals surface area (Å²) in [4.78, 5) is 57.4. The van der Waals surface area contributed by atoms with Crippen molar-refractivity contribution in [3.63, 3.8) is 0 Å². The van der Waals surface area contributed by atoms with E-state index in [4.69, 9.17) is 45.8 Å². The quantitative estimate of drug-likeness (QED) is 0.131. The number of aromatic nitrogens is 2. The minimum atomic E-state index is -0.314. The van der Waals surface area contributed by atoms with Gasteiger partial charge in [-0.05, 0) is 19.1 Å². The Labute approximate surface area is 258 Å². The van der Waals surface area contributed by atoms with Gasteiger partial charge in [-0.15, -0.1) is 0 Å². The summed E-state index contributed by atoms with van der Waals surface area (Å²) in [5, 5.41) is 13.7. The summed E-state index contributed by atoms with van der Waals surface area (Å²) in [7, 11) is 3.41. The molecule has 2 unspecified atom stereocenters. The highest BCUT2D eigenvalue weighted by molar-refractivity contribution is 6.41. The van der Waals surface area contributed by atoms with Gasteiger partial charge in [0.15, 0.2) is 5.82 Å². The normalized spacial score (nSPS) is 17.2. The molecule has 232 valence electrons. The number of hydrogen-bond donors (Lipinski definition) is 7. The van der Waals surface area contributed by atoms with Crippen LogP contribution in [0.1, 0.15) is 40.5 Å². The fourth-order valence-corrected chi connectivity index (χ4v) is 4.16. The Bertz CT molecular complexity index is 1240. The molecule has 0 bridgehead atoms. The fourth-order valence-electron chi connectivity index (χ4n) is 3.67. The number of likely N-dealkylation sites (N-methyl/N-ethyl adjacent to an activating group) is 2. The highest BCUT2D eigenvalue weighted by Gasteiger charge is 2.29. The van der Waals surface area contributed by atoms with Gasteiger partial charge in [-0.2, -0.15) is 0 Å². The van der Waals surface area contributed by atoms with E-state index in [1.54, 1.807) is 30.8 Å². The molecule has 4 heterocycles. The molecule has 2 saturated heterocycles. The highest BCUT2D eigenvalue weighted by Crippen LogP contribution is 2.21. The van der Waals surface area contributed by atoms with Gasteiger partial charge >= 0.3 is 0 Å². The Hall–Kier alpha value is -3.31. The van der Waals surface area contributed by atoms with Crippen molar-refractivity contribution in [1.29, 1.82) is 0 Å². The topological polar surface area (TPSA) is 235 Å². The number of rotatable bonds is 5. The molecule has 0 aliphatic carbocycles. The van der Waals surface area contributed by atoms with Crippen molar-refractivity contribution in [1.82, 2.24) is 30.4 Å². The van der Waals surface area contributed by atoms with Gasteiger partial charge in [0.2, 0.25) is 11.8 Å². The zero-order valence-corrected chi connectivity index (χ0v) is 25.5. The van der Waals surface area contributed by atoms with E-state index < -0.39 is 0 Å². The number of pyridine rings is 2. The number of amides is 4. The number of anilines is 1. The second-order valence-electron chi connectivity index (χ2n) is 8.81. The summed E-state index contributed by atoms with van der Waals surface area (Å²) >= 11 is 17.3. The number of likely N-dealkylation sites (tertiary alicyclic amines) is 2. The minimum Gasteiger partial charge on any atom is -0.397 e. The summed E-state index contributed by atoms with van der Waals surface area (Å²) in [5.74, 6) is 12.9. The van der Waals surface area contributed by atoms with Crippen LogP contribution in [0, 0.1) is 0 Å². The van der Waals surface area contributed by atoms with Crippen LogP contribution in [0.25, 0.3) is 0 Å². The maximum Gasteiger partial charge on any atom is 0.253 e. The lowest BCUT2D eigenvalue weighted by Gasteiger charge is -2.12. The van der Waals surface area contributed by atoms with E-state index >= 15 is 0 Å². The summed E-state index contributed by atoms with van der Waals surface area (Å²) in [6.45, 7) is 2.95. The molecule has 2 aliphatic rings. The largest absolute Gasteiger partial charge is 0.397 e. The zero-order valence-electron chi connectivity index (χ0n) is 23.2. The Kier molecular flexibility index (Phi) is 16.0. The molecule has 0 radical (unpaired) electrons. The van der Waals surface area contributed by atoms with Gasteiger partial charge in [0, 0.05) is 59.0 Å². The minimum absolute atomic E-state index is 0.0177. The first-order valence-electron chi connectivity index (χ1n) is 12.4. The first kappa shape index (κ1) is 36.7. The van der Waals surface area contributed by atoms with Crippen LogP contribution in [0.5, 0.6) is 0 Å². The van der Waals surface area contributed by atoms with Crippen LogP contribution in [-0.2, 0) is 9.59 Å². The lowest BCUT2D eigenvalue weighted by Crippen LogP contribution is -2.36. The van der Waals surface area contributed by atoms with Crippen molar-refractivity contribution in [2.75, 3.05) is 39.2 Å². The number of carbonyl (C=O) groups is 4. The molecule has 18 heteroatoms. The monoisotopic (exact) mass is 648 g/mol. The molecule has 4 rings (SSSR count). The fraction of sp³-hybridized carbons (Fsp3) is 0.417. The third kappa shape index (κ3) is 11.2. The smallest absolute Gasteiger partial charge is 0.253 e. The summed E-state index contributed by atoms with van der Waals surface area (Å²) < 4.78 is 0. The van der Waals surface area contributed by atoms with E-state index in [0.717, 1.165) is 0 Å². The van der Waals surface area contributed by atoms with Gasteiger partial charge in [0.05, 0.1) is 33.3 Å². The Morgan fingerprint density at radius 2 is 1.31 bits per heavy atom. The van der Waals surface area contributed by atoms with Crippen LogP contribution in [0.3, 0.4) is 0 Å². The standard InChI is InChI=1S/C11H11Cl2N3O2.C11H14ClN5O2.C2H6O.H4N2/c1-16-5-7(3-9(16)17)15-11(18)6-2-8(12)10(13)14-4-6;1-17-5-7(3-9(17)18)15-11(19)6-2-8(12)10(16-13)14-4-6;1-2-3;1-2/h2,4,7H,3,5H2,1H3,(H,15,18);2,4,7H,3,5,13H2,1H3,(H,14,16)(H,15,19);3H,2H2,1H3;1-2H2. The molecule has 2 aliphatic heterocycles. The van der Waals surface area contributed by atoms with Gasteiger partial charge in [0.1, 0.15) is 5.15 Å². The molecule has 42 heavy (non-hydrogen) atoms. The van der Waals surface area contributed by atoms with Crippen molar-refractivity contribution in [3.8, 4) is 0 Å². The van der Waals surface area contributed by atoms with Crippen molar-refractivity contribution >= 4 is 64.2 Å². The zero-order chi connectivity index (χ0) is 32.0. The van der Waals surface area contributed by atoms with Crippen LogP contribution < -0.4 is 33.6 Å². The molecule has 2 aromatic heterocycles. The molecule has 15 nitrogen and oxygen atoms in total. The molecule has 10 N–H and O–H groups in total. The van der Waals surface area contributed by atoms with Gasteiger partial charge in [-0.25, -0.2) is 15.8 Å². The molecule has 0 saturated carbocycles. The number of halogens is 3.